The fourth-order valence-corrected chi connectivity index (χ4v) is 8.70. The molecule has 1 aliphatic rings. The van der Waals surface area contributed by atoms with Crippen LogP contribution in [-0.2, 0) is 37.3 Å². The molecule has 2 aromatic heterocycles. The van der Waals surface area contributed by atoms with Crippen LogP contribution in [0.2, 0.25) is 0 Å². The zero-order valence-electron chi connectivity index (χ0n) is 56.3. The summed E-state index contributed by atoms with van der Waals surface area (Å²) in [7, 11) is 0. The second kappa shape index (κ2) is 18.8. The molecule has 3 heterocycles. The molecular formula is C66H59N4OPt-3. The molecule has 0 N–H and O–H groups in total. The van der Waals surface area contributed by atoms with Crippen LogP contribution in [0.1, 0.15) is 99.6 Å². The molecule has 0 unspecified atom stereocenters. The zero-order chi connectivity index (χ0) is 62.3. The van der Waals surface area contributed by atoms with E-state index in [0.29, 0.717) is 28.6 Å². The van der Waals surface area contributed by atoms with E-state index in [0.717, 1.165) is 33.2 Å². The molecule has 0 saturated heterocycles. The summed E-state index contributed by atoms with van der Waals surface area (Å²) < 4.78 is 149. The summed E-state index contributed by atoms with van der Waals surface area (Å²) in [6.07, 6.45) is 1.81. The van der Waals surface area contributed by atoms with Crippen molar-refractivity contribution in [2.75, 3.05) is 9.80 Å². The van der Waals surface area contributed by atoms with Crippen LogP contribution in [0.4, 0.5) is 22.7 Å². The number of fused-ring (bicyclic) bond motifs is 4. The number of hydrogen-bond acceptors (Lipinski definition) is 4. The maximum absolute atomic E-state index is 10.0. The average Bonchev–Trinajstić information content (AvgIpc) is 1.63. The van der Waals surface area contributed by atoms with Crippen molar-refractivity contribution in [3.05, 3.63) is 223 Å². The van der Waals surface area contributed by atoms with Crippen molar-refractivity contribution in [1.29, 1.82) is 0 Å². The fraction of sp³-hybridized carbons (Fsp3) is 0.182. The quantitative estimate of drug-likeness (QED) is 0.142. The Labute approximate surface area is 461 Å². The monoisotopic (exact) mass is 1130 g/mol. The standard InChI is InChI=1S/C66H59N4O.Pt/c1-64(2,3)48-35-36-67-62(40-48)70-58-26-14-13-23-56(58)57-34-33-53(42-61(57)70)71-52-22-17-21-51(41-52)68-43-69(60-28-16-15-27-59(60)68)63-54(46-31-29-45(30-32-46)44-19-11-10-12-20-44)24-18-25-55(63)47-37-49(65(4,5)6)39-50(38-47)66(7,8)9;/h10-40,43H,1-9H3;/q-3;/i10D,11D,12D,18D,19D,20D,24D,25D,29D,30D,31D,32D,37D,38D,39D;. The van der Waals surface area contributed by atoms with Crippen LogP contribution < -0.4 is 14.5 Å². The first-order valence-electron chi connectivity index (χ1n) is 31.0. The smallest absolute Gasteiger partial charge is 0.135 e. The van der Waals surface area contributed by atoms with E-state index >= 15 is 0 Å². The third-order valence-corrected chi connectivity index (χ3v) is 12.5. The molecule has 1 aliphatic heterocycles. The molecule has 0 saturated carbocycles. The van der Waals surface area contributed by atoms with Gasteiger partial charge in [0.2, 0.25) is 0 Å². The van der Waals surface area contributed by atoms with Crippen LogP contribution >= 0.6 is 0 Å². The minimum absolute atomic E-state index is 0. The molecule has 11 rings (SSSR count). The number of hydrogen-bond donors (Lipinski definition) is 0. The SMILES string of the molecule is [2H]c1c([2H])c([2H])c(-c2c([2H])c([2H])c(-c3c([2H])c([2H])c([2H])c(-c4c([2H])c(C(C)(C)C)c([2H])c(C(C)(C)C)c4[2H])c3N3[CH-]N(c4[c-]c(Oc5[c-]c6c(cc5)c5ccccc5n6-c5cc(C(C)(C)C)ccn5)ccc4)c4ccccc43)c([2H])c2[2H])c([2H])c1[2H].[Pt]. The number of aromatic nitrogens is 2. The summed E-state index contributed by atoms with van der Waals surface area (Å²) in [6, 6.07) is 25.6. The summed E-state index contributed by atoms with van der Waals surface area (Å²) in [6.45, 7) is 19.0. The third-order valence-electron chi connectivity index (χ3n) is 12.5. The predicted octanol–water partition coefficient (Wildman–Crippen LogP) is 17.9. The number of benzene rings is 8. The van der Waals surface area contributed by atoms with E-state index in [4.69, 9.17) is 16.6 Å². The Bertz CT molecular complexity index is 4430. The van der Waals surface area contributed by atoms with Gasteiger partial charge in [0.25, 0.3) is 0 Å². The number of anilines is 4. The molecule has 10 aromatic rings. The van der Waals surface area contributed by atoms with E-state index in [2.05, 4.69) is 49.6 Å². The average molecular weight is 1130 g/mol. The van der Waals surface area contributed by atoms with Crippen LogP contribution in [-0.4, -0.2) is 9.55 Å². The number of ether oxygens (including phenoxy) is 1. The van der Waals surface area contributed by atoms with E-state index in [1.807, 2.05) is 84.1 Å². The predicted molar refractivity (Wildman–Crippen MR) is 297 cm³/mol. The first-order valence-corrected chi connectivity index (χ1v) is 23.5. The summed E-state index contributed by atoms with van der Waals surface area (Å²) in [5.74, 6) is 1.39. The van der Waals surface area contributed by atoms with Gasteiger partial charge >= 0.3 is 0 Å². The van der Waals surface area contributed by atoms with Crippen molar-refractivity contribution in [3.63, 3.8) is 0 Å². The molecule has 0 aliphatic carbocycles. The largest absolute Gasteiger partial charge is 0.509 e. The Morgan fingerprint density at radius 2 is 1.14 bits per heavy atom. The van der Waals surface area contributed by atoms with E-state index in [1.165, 1.54) is 0 Å². The molecule has 0 amide bonds. The second-order valence-electron chi connectivity index (χ2n) is 20.7. The summed E-state index contributed by atoms with van der Waals surface area (Å²) in [5, 5.41) is 1.95. The normalized spacial score (nSPS) is 15.8. The molecule has 0 atom stereocenters. The number of pyridine rings is 1. The van der Waals surface area contributed by atoms with Crippen LogP contribution in [0.15, 0.2) is 188 Å². The molecule has 362 valence electrons. The molecule has 72 heavy (non-hydrogen) atoms. The third kappa shape index (κ3) is 9.16. The summed E-state index contributed by atoms with van der Waals surface area (Å²) >= 11 is 0. The van der Waals surface area contributed by atoms with Crippen LogP contribution in [0, 0.1) is 18.8 Å². The van der Waals surface area contributed by atoms with Gasteiger partial charge in [-0.1, -0.05) is 189 Å². The van der Waals surface area contributed by atoms with Crippen LogP contribution in [0.5, 0.6) is 11.5 Å². The minimum atomic E-state index is -0.896. The van der Waals surface area contributed by atoms with Crippen molar-refractivity contribution < 1.29 is 46.4 Å². The van der Waals surface area contributed by atoms with Gasteiger partial charge in [-0.05, 0) is 90.9 Å². The van der Waals surface area contributed by atoms with E-state index in [1.54, 1.807) is 58.9 Å². The van der Waals surface area contributed by atoms with E-state index in [9.17, 15) is 13.7 Å². The maximum Gasteiger partial charge on any atom is 0.135 e. The Morgan fingerprint density at radius 1 is 0.528 bits per heavy atom. The van der Waals surface area contributed by atoms with Gasteiger partial charge in [-0.3, -0.25) is 0 Å². The van der Waals surface area contributed by atoms with Crippen LogP contribution in [0.3, 0.4) is 0 Å². The Balaban J connectivity index is 0.00000838. The van der Waals surface area contributed by atoms with E-state index < -0.39 is 106 Å². The summed E-state index contributed by atoms with van der Waals surface area (Å²) in [5.41, 5.74) is -0.0619. The van der Waals surface area contributed by atoms with Crippen molar-refractivity contribution in [1.82, 2.24) is 9.55 Å². The number of para-hydroxylation sites is 4. The molecule has 0 spiro atoms. The fourth-order valence-electron chi connectivity index (χ4n) is 8.70. The first-order chi connectivity index (χ1) is 40.4. The molecule has 0 radical (unpaired) electrons. The first kappa shape index (κ1) is 33.4. The van der Waals surface area contributed by atoms with E-state index in [-0.39, 0.29) is 72.5 Å². The molecule has 6 heteroatoms. The van der Waals surface area contributed by atoms with Gasteiger partial charge in [-0.15, -0.1) is 48.1 Å². The molecule has 0 bridgehead atoms. The maximum atomic E-state index is 10.0. The van der Waals surface area contributed by atoms with Gasteiger partial charge < -0.3 is 19.1 Å². The zero-order valence-corrected chi connectivity index (χ0v) is 43.6. The van der Waals surface area contributed by atoms with Crippen molar-refractivity contribution in [2.45, 2.75) is 78.6 Å². The molecule has 8 aromatic carbocycles. The van der Waals surface area contributed by atoms with Crippen molar-refractivity contribution in [3.8, 4) is 50.7 Å². The number of rotatable bonds is 8. The second-order valence-corrected chi connectivity index (χ2v) is 20.7. The minimum Gasteiger partial charge on any atom is -0.509 e. The van der Waals surface area contributed by atoms with Gasteiger partial charge in [-0.2, -0.15) is 12.1 Å². The topological polar surface area (TPSA) is 33.5 Å². The van der Waals surface area contributed by atoms with Gasteiger partial charge in [-0.25, -0.2) is 4.98 Å². The van der Waals surface area contributed by atoms with Crippen LogP contribution in [0.25, 0.3) is 61.0 Å². The van der Waals surface area contributed by atoms with Gasteiger partial charge in [0.15, 0.2) is 0 Å². The van der Waals surface area contributed by atoms with Gasteiger partial charge in [0.05, 0.1) is 20.6 Å². The molecular weight excluding hydrogens is 1060 g/mol. The molecule has 0 fully saturated rings. The summed E-state index contributed by atoms with van der Waals surface area (Å²) in [4.78, 5) is 8.14. The van der Waals surface area contributed by atoms with Crippen molar-refractivity contribution in [2.24, 2.45) is 0 Å². The number of nitrogens with zero attached hydrogens (tertiary/aromatic N) is 4. The Hall–Kier alpha value is -7.20. The Kier molecular flexibility index (Phi) is 8.72. The Morgan fingerprint density at radius 3 is 1.83 bits per heavy atom. The van der Waals surface area contributed by atoms with Gasteiger partial charge in [0.1, 0.15) is 5.82 Å². The van der Waals surface area contributed by atoms with Crippen molar-refractivity contribution >= 4 is 44.6 Å². The van der Waals surface area contributed by atoms with Gasteiger partial charge in [0, 0.05) is 72.5 Å². The molecule has 5 nitrogen and oxygen atoms in total.